The van der Waals surface area contributed by atoms with E-state index in [2.05, 4.69) is 5.32 Å². The summed E-state index contributed by atoms with van der Waals surface area (Å²) in [5.74, 6) is 0.0706. The van der Waals surface area contributed by atoms with Crippen molar-refractivity contribution < 1.29 is 9.59 Å². The molecule has 1 N–H and O–H groups in total. The first-order valence-corrected chi connectivity index (χ1v) is 8.26. The third kappa shape index (κ3) is 4.33. The molecule has 4 heteroatoms. The summed E-state index contributed by atoms with van der Waals surface area (Å²) in [6, 6.07) is 7.87. The molecule has 22 heavy (non-hydrogen) atoms. The van der Waals surface area contributed by atoms with Crippen molar-refractivity contribution >= 4 is 17.5 Å². The number of amides is 2. The van der Waals surface area contributed by atoms with Gasteiger partial charge in [0, 0.05) is 18.2 Å². The van der Waals surface area contributed by atoms with E-state index in [1.54, 1.807) is 4.90 Å². The highest BCUT2D eigenvalue weighted by Gasteiger charge is 2.22. The molecule has 0 spiro atoms. The number of hydrogen-bond donors (Lipinski definition) is 1. The molecule has 1 saturated carbocycles. The molecule has 0 bridgehead atoms. The van der Waals surface area contributed by atoms with Crippen molar-refractivity contribution in [1.29, 1.82) is 0 Å². The van der Waals surface area contributed by atoms with Gasteiger partial charge in [-0.05, 0) is 44.4 Å². The summed E-state index contributed by atoms with van der Waals surface area (Å²) >= 11 is 0. The number of anilines is 1. The molecule has 0 radical (unpaired) electrons. The number of carbonyl (C=O) groups excluding carboxylic acids is 2. The van der Waals surface area contributed by atoms with Gasteiger partial charge >= 0.3 is 0 Å². The van der Waals surface area contributed by atoms with Crippen LogP contribution in [0, 0.1) is 12.8 Å². The third-order valence-corrected chi connectivity index (χ3v) is 4.32. The maximum Gasteiger partial charge on any atom is 0.246 e. The quantitative estimate of drug-likeness (QED) is 0.909. The standard InChI is InChI=1S/C18H26N2O2/c1-3-20(16-11-7-8-14(2)12-16)17(21)13-19-18(22)15-9-5-4-6-10-15/h7-8,11-12,15H,3-6,9-10,13H2,1-2H3,(H,19,22). The summed E-state index contributed by atoms with van der Waals surface area (Å²) in [6.07, 6.45) is 5.37. The Morgan fingerprint density at radius 2 is 1.95 bits per heavy atom. The molecular weight excluding hydrogens is 276 g/mol. The monoisotopic (exact) mass is 302 g/mol. The molecule has 1 fully saturated rings. The molecular formula is C18H26N2O2. The van der Waals surface area contributed by atoms with Crippen LogP contribution in [0.4, 0.5) is 5.69 Å². The summed E-state index contributed by atoms with van der Waals surface area (Å²) in [5, 5.41) is 2.82. The SMILES string of the molecule is CCN(C(=O)CNC(=O)C1CCCCC1)c1cccc(C)c1. The first kappa shape index (κ1) is 16.5. The second-order valence-electron chi connectivity index (χ2n) is 6.03. The van der Waals surface area contributed by atoms with E-state index in [1.807, 2.05) is 38.1 Å². The normalized spacial score (nSPS) is 15.4. The maximum atomic E-state index is 12.4. The second kappa shape index (κ2) is 7.97. The van der Waals surface area contributed by atoms with E-state index in [9.17, 15) is 9.59 Å². The fraction of sp³-hybridized carbons (Fsp3) is 0.556. The summed E-state index contributed by atoms with van der Waals surface area (Å²) in [5.41, 5.74) is 2.01. The van der Waals surface area contributed by atoms with Crippen LogP contribution in [-0.2, 0) is 9.59 Å². The van der Waals surface area contributed by atoms with Crippen LogP contribution >= 0.6 is 0 Å². The van der Waals surface area contributed by atoms with Crippen LogP contribution in [0.3, 0.4) is 0 Å². The van der Waals surface area contributed by atoms with E-state index in [0.717, 1.165) is 36.9 Å². The van der Waals surface area contributed by atoms with Gasteiger partial charge in [-0.1, -0.05) is 31.4 Å². The van der Waals surface area contributed by atoms with Gasteiger partial charge in [0.05, 0.1) is 6.54 Å². The minimum Gasteiger partial charge on any atom is -0.347 e. The second-order valence-corrected chi connectivity index (χ2v) is 6.03. The molecule has 1 aliphatic carbocycles. The number of nitrogens with one attached hydrogen (secondary N) is 1. The number of rotatable bonds is 5. The van der Waals surface area contributed by atoms with E-state index in [-0.39, 0.29) is 24.3 Å². The lowest BCUT2D eigenvalue weighted by molar-refractivity contribution is -0.128. The molecule has 2 rings (SSSR count). The van der Waals surface area contributed by atoms with Gasteiger partial charge in [0.1, 0.15) is 0 Å². The van der Waals surface area contributed by atoms with E-state index >= 15 is 0 Å². The van der Waals surface area contributed by atoms with Gasteiger partial charge in [-0.3, -0.25) is 9.59 Å². The largest absolute Gasteiger partial charge is 0.347 e. The fourth-order valence-electron chi connectivity index (χ4n) is 3.07. The van der Waals surface area contributed by atoms with Crippen molar-refractivity contribution in [2.24, 2.45) is 5.92 Å². The molecule has 0 heterocycles. The fourth-order valence-corrected chi connectivity index (χ4v) is 3.07. The minimum atomic E-state index is -0.0581. The topological polar surface area (TPSA) is 49.4 Å². The zero-order valence-electron chi connectivity index (χ0n) is 13.6. The van der Waals surface area contributed by atoms with Crippen LogP contribution in [0.25, 0.3) is 0 Å². The minimum absolute atomic E-state index is 0.0355. The summed E-state index contributed by atoms with van der Waals surface area (Å²) < 4.78 is 0. The van der Waals surface area contributed by atoms with Crippen LogP contribution in [0.5, 0.6) is 0 Å². The molecule has 4 nitrogen and oxygen atoms in total. The van der Waals surface area contributed by atoms with Crippen molar-refractivity contribution in [3.8, 4) is 0 Å². The summed E-state index contributed by atoms with van der Waals surface area (Å²) in [4.78, 5) is 26.2. The van der Waals surface area contributed by atoms with Crippen molar-refractivity contribution in [2.45, 2.75) is 46.0 Å². The van der Waals surface area contributed by atoms with Gasteiger partial charge in [-0.25, -0.2) is 0 Å². The number of aryl methyl sites for hydroxylation is 1. The van der Waals surface area contributed by atoms with Crippen molar-refractivity contribution in [1.82, 2.24) is 5.32 Å². The Kier molecular flexibility index (Phi) is 5.99. The predicted molar refractivity (Wildman–Crippen MR) is 88.8 cm³/mol. The van der Waals surface area contributed by atoms with Crippen molar-refractivity contribution in [2.75, 3.05) is 18.0 Å². The average Bonchev–Trinajstić information content (AvgIpc) is 2.54. The lowest BCUT2D eigenvalue weighted by atomic mass is 9.89. The van der Waals surface area contributed by atoms with Gasteiger partial charge in [0.15, 0.2) is 0 Å². The van der Waals surface area contributed by atoms with Gasteiger partial charge in [0.25, 0.3) is 0 Å². The van der Waals surface area contributed by atoms with Gasteiger partial charge in [-0.2, -0.15) is 0 Å². The molecule has 120 valence electrons. The average molecular weight is 302 g/mol. The first-order valence-electron chi connectivity index (χ1n) is 8.26. The Balaban J connectivity index is 1.90. The van der Waals surface area contributed by atoms with Crippen LogP contribution in [-0.4, -0.2) is 24.9 Å². The van der Waals surface area contributed by atoms with E-state index in [4.69, 9.17) is 0 Å². The van der Waals surface area contributed by atoms with Crippen LogP contribution in [0.15, 0.2) is 24.3 Å². The van der Waals surface area contributed by atoms with Gasteiger partial charge in [0.2, 0.25) is 11.8 Å². The molecule has 0 saturated heterocycles. The molecule has 2 amide bonds. The highest BCUT2D eigenvalue weighted by atomic mass is 16.2. The Hall–Kier alpha value is -1.84. The highest BCUT2D eigenvalue weighted by molar-refractivity contribution is 5.96. The Morgan fingerprint density at radius 3 is 2.59 bits per heavy atom. The molecule has 1 aromatic rings. The number of nitrogens with zero attached hydrogens (tertiary/aromatic N) is 1. The third-order valence-electron chi connectivity index (χ3n) is 4.32. The zero-order chi connectivity index (χ0) is 15.9. The van der Waals surface area contributed by atoms with Crippen molar-refractivity contribution in [3.05, 3.63) is 29.8 Å². The van der Waals surface area contributed by atoms with E-state index < -0.39 is 0 Å². The first-order chi connectivity index (χ1) is 10.6. The maximum absolute atomic E-state index is 12.4. The molecule has 1 aliphatic rings. The zero-order valence-corrected chi connectivity index (χ0v) is 13.6. The summed E-state index contributed by atoms with van der Waals surface area (Å²) in [7, 11) is 0. The smallest absolute Gasteiger partial charge is 0.246 e. The lowest BCUT2D eigenvalue weighted by Gasteiger charge is -2.24. The predicted octanol–water partition coefficient (Wildman–Crippen LogP) is 3.04. The Labute approximate surface area is 132 Å². The van der Waals surface area contributed by atoms with E-state index in [0.29, 0.717) is 6.54 Å². The molecule has 0 aromatic heterocycles. The van der Waals surface area contributed by atoms with Crippen LogP contribution < -0.4 is 10.2 Å². The Morgan fingerprint density at radius 1 is 1.23 bits per heavy atom. The number of hydrogen-bond acceptors (Lipinski definition) is 2. The molecule has 0 atom stereocenters. The van der Waals surface area contributed by atoms with Crippen LogP contribution in [0.2, 0.25) is 0 Å². The number of benzene rings is 1. The van der Waals surface area contributed by atoms with Gasteiger partial charge < -0.3 is 10.2 Å². The molecule has 0 unspecified atom stereocenters. The Bertz CT molecular complexity index is 522. The number of likely N-dealkylation sites (N-methyl/N-ethyl adjacent to an activating group) is 1. The molecule has 0 aliphatic heterocycles. The number of carbonyl (C=O) groups is 2. The van der Waals surface area contributed by atoms with Gasteiger partial charge in [-0.15, -0.1) is 0 Å². The van der Waals surface area contributed by atoms with Crippen LogP contribution in [0.1, 0.15) is 44.6 Å². The highest BCUT2D eigenvalue weighted by Crippen LogP contribution is 2.23. The van der Waals surface area contributed by atoms with E-state index in [1.165, 1.54) is 6.42 Å². The summed E-state index contributed by atoms with van der Waals surface area (Å²) in [6.45, 7) is 4.63. The lowest BCUT2D eigenvalue weighted by Crippen LogP contribution is -2.42. The van der Waals surface area contributed by atoms with Crippen molar-refractivity contribution in [3.63, 3.8) is 0 Å². The molecule has 1 aromatic carbocycles.